The van der Waals surface area contributed by atoms with Gasteiger partial charge in [-0.15, -0.1) is 11.3 Å². The van der Waals surface area contributed by atoms with Gasteiger partial charge in [0.2, 0.25) is 10.0 Å². The van der Waals surface area contributed by atoms with Gasteiger partial charge in [-0.1, -0.05) is 6.07 Å². The minimum Gasteiger partial charge on any atom is -0.390 e. The highest BCUT2D eigenvalue weighted by Gasteiger charge is 2.39. The molecule has 176 valence electrons. The third kappa shape index (κ3) is 5.11. The molecule has 0 amide bonds. The fourth-order valence-electron chi connectivity index (χ4n) is 4.21. The number of aromatic nitrogens is 2. The van der Waals surface area contributed by atoms with E-state index in [-0.39, 0.29) is 4.90 Å². The Balaban J connectivity index is 1.67. The Morgan fingerprint density at radius 2 is 1.73 bits per heavy atom. The van der Waals surface area contributed by atoms with E-state index in [0.29, 0.717) is 31.5 Å². The van der Waals surface area contributed by atoms with Crippen molar-refractivity contribution in [1.29, 1.82) is 0 Å². The Hall–Kier alpha value is -2.33. The van der Waals surface area contributed by atoms with E-state index >= 15 is 0 Å². The molecule has 4 N–H and O–H groups in total. The van der Waals surface area contributed by atoms with Gasteiger partial charge in [-0.2, -0.15) is 0 Å². The summed E-state index contributed by atoms with van der Waals surface area (Å²) in [5.74, 6) is 0.409. The smallest absolute Gasteiger partial charge is 0.241 e. The molecule has 0 bridgehead atoms. The maximum absolute atomic E-state index is 13.3. The van der Waals surface area contributed by atoms with Gasteiger partial charge in [0.05, 0.1) is 20.4 Å². The fourth-order valence-corrected chi connectivity index (χ4v) is 6.50. The van der Waals surface area contributed by atoms with Gasteiger partial charge in [0.15, 0.2) is 0 Å². The van der Waals surface area contributed by atoms with E-state index in [0.717, 1.165) is 32.1 Å². The highest BCUT2D eigenvalue weighted by atomic mass is 32.2. The van der Waals surface area contributed by atoms with Gasteiger partial charge in [0.25, 0.3) is 0 Å². The number of nitrogens with one attached hydrogen (secondary N) is 1. The van der Waals surface area contributed by atoms with Crippen molar-refractivity contribution in [3.8, 4) is 21.6 Å². The normalized spacial score (nSPS) is 23.5. The van der Waals surface area contributed by atoms with Crippen LogP contribution in [0.4, 0.5) is 5.82 Å². The minimum absolute atomic E-state index is 0.202. The van der Waals surface area contributed by atoms with Crippen molar-refractivity contribution in [2.75, 3.05) is 5.73 Å². The zero-order valence-corrected chi connectivity index (χ0v) is 21.0. The van der Waals surface area contributed by atoms with E-state index in [1.807, 2.05) is 32.9 Å². The van der Waals surface area contributed by atoms with Gasteiger partial charge in [-0.3, -0.25) is 0 Å². The van der Waals surface area contributed by atoms with Crippen molar-refractivity contribution < 1.29 is 13.5 Å². The summed E-state index contributed by atoms with van der Waals surface area (Å²) in [6.45, 7) is 7.58. The summed E-state index contributed by atoms with van der Waals surface area (Å²) in [5.41, 5.74) is 8.09. The first-order valence-corrected chi connectivity index (χ1v) is 13.2. The molecular weight excluding hydrogens is 456 g/mol. The van der Waals surface area contributed by atoms with Gasteiger partial charge in [0.1, 0.15) is 5.82 Å². The number of rotatable bonds is 5. The standard InChI is InChI=1S/C24H30N4O3S2/c1-15-5-6-18(33(30,31)28-23(3)7-9-24(4,29)10-8-23)12-19(15)17-11-20(22(25)27-13-17)21-14-26-16(2)32-21/h5-6,11-14,28-29H,7-10H2,1-4H3,(H2,25,27)/t23-,24+. The molecule has 9 heteroatoms. The van der Waals surface area contributed by atoms with Gasteiger partial charge in [-0.25, -0.2) is 23.1 Å². The van der Waals surface area contributed by atoms with Crippen LogP contribution in [0.3, 0.4) is 0 Å². The molecule has 4 rings (SSSR count). The Bertz CT molecular complexity index is 1290. The first kappa shape index (κ1) is 23.8. The molecule has 0 unspecified atom stereocenters. The lowest BCUT2D eigenvalue weighted by Gasteiger charge is -2.40. The lowest BCUT2D eigenvalue weighted by atomic mass is 9.76. The minimum atomic E-state index is -3.75. The maximum atomic E-state index is 13.3. The van der Waals surface area contributed by atoms with Gasteiger partial charge < -0.3 is 10.8 Å². The topological polar surface area (TPSA) is 118 Å². The summed E-state index contributed by atoms with van der Waals surface area (Å²) < 4.78 is 29.5. The van der Waals surface area contributed by atoms with Crippen LogP contribution in [0.1, 0.15) is 50.1 Å². The molecule has 0 aliphatic heterocycles. The molecule has 33 heavy (non-hydrogen) atoms. The summed E-state index contributed by atoms with van der Waals surface area (Å²) in [7, 11) is -3.75. The average molecular weight is 487 g/mol. The van der Waals surface area contributed by atoms with Crippen molar-refractivity contribution >= 4 is 27.2 Å². The van der Waals surface area contributed by atoms with Crippen LogP contribution in [0.2, 0.25) is 0 Å². The zero-order chi connectivity index (χ0) is 24.0. The molecular formula is C24H30N4O3S2. The number of nitrogens with zero attached hydrogens (tertiary/aromatic N) is 2. The van der Waals surface area contributed by atoms with Crippen molar-refractivity contribution in [2.24, 2.45) is 0 Å². The third-order valence-electron chi connectivity index (χ3n) is 6.45. The van der Waals surface area contributed by atoms with Crippen LogP contribution in [0.5, 0.6) is 0 Å². The highest BCUT2D eigenvalue weighted by Crippen LogP contribution is 2.37. The number of anilines is 1. The van der Waals surface area contributed by atoms with Crippen LogP contribution in [-0.2, 0) is 10.0 Å². The number of benzene rings is 1. The van der Waals surface area contributed by atoms with Crippen LogP contribution in [0, 0.1) is 13.8 Å². The number of sulfonamides is 1. The molecule has 0 atom stereocenters. The second-order valence-electron chi connectivity index (χ2n) is 9.54. The van der Waals surface area contributed by atoms with Crippen LogP contribution in [-0.4, -0.2) is 34.6 Å². The zero-order valence-electron chi connectivity index (χ0n) is 19.3. The first-order chi connectivity index (χ1) is 15.4. The molecule has 1 aromatic carbocycles. The van der Waals surface area contributed by atoms with Crippen molar-refractivity contribution in [2.45, 2.75) is 69.4 Å². The number of aryl methyl sites for hydroxylation is 2. The molecule has 2 heterocycles. The lowest BCUT2D eigenvalue weighted by Crippen LogP contribution is -2.51. The van der Waals surface area contributed by atoms with Crippen LogP contribution >= 0.6 is 11.3 Å². The number of nitrogens with two attached hydrogens (primary N) is 1. The predicted octanol–water partition coefficient (Wildman–Crippen LogP) is 4.43. The van der Waals surface area contributed by atoms with Crippen LogP contribution < -0.4 is 10.5 Å². The third-order valence-corrected chi connectivity index (χ3v) is 9.03. The average Bonchev–Trinajstić information content (AvgIpc) is 3.17. The van der Waals surface area contributed by atoms with Crippen molar-refractivity contribution in [3.63, 3.8) is 0 Å². The summed E-state index contributed by atoms with van der Waals surface area (Å²) in [6.07, 6.45) is 5.72. The summed E-state index contributed by atoms with van der Waals surface area (Å²) in [4.78, 5) is 9.79. The Morgan fingerprint density at radius 3 is 2.36 bits per heavy atom. The summed E-state index contributed by atoms with van der Waals surface area (Å²) in [6, 6.07) is 7.06. The van der Waals surface area contributed by atoms with Gasteiger partial charge >= 0.3 is 0 Å². The number of aliphatic hydroxyl groups is 1. The number of nitrogen functional groups attached to an aromatic ring is 1. The van der Waals surface area contributed by atoms with E-state index in [9.17, 15) is 13.5 Å². The predicted molar refractivity (Wildman–Crippen MR) is 132 cm³/mol. The summed E-state index contributed by atoms with van der Waals surface area (Å²) >= 11 is 1.53. The molecule has 0 radical (unpaired) electrons. The SMILES string of the molecule is Cc1ncc(-c2cc(-c3cc(S(=O)(=O)N[C@]4(C)CC[C@](C)(O)CC4)ccc3C)cnc2N)s1. The molecule has 1 aliphatic rings. The quantitative estimate of drug-likeness (QED) is 0.491. The second kappa shape index (κ2) is 8.47. The number of hydrogen-bond donors (Lipinski definition) is 3. The highest BCUT2D eigenvalue weighted by molar-refractivity contribution is 7.89. The number of hydrogen-bond acceptors (Lipinski definition) is 7. The molecule has 1 saturated carbocycles. The van der Waals surface area contributed by atoms with Crippen molar-refractivity contribution in [1.82, 2.24) is 14.7 Å². The molecule has 1 aliphatic carbocycles. The van der Waals surface area contributed by atoms with E-state index < -0.39 is 21.2 Å². The second-order valence-corrected chi connectivity index (χ2v) is 12.5. The molecule has 0 saturated heterocycles. The van der Waals surface area contributed by atoms with Gasteiger partial charge in [0, 0.05) is 29.1 Å². The van der Waals surface area contributed by atoms with E-state index in [4.69, 9.17) is 5.73 Å². The largest absolute Gasteiger partial charge is 0.390 e. The lowest BCUT2D eigenvalue weighted by molar-refractivity contribution is 0.00186. The Morgan fingerprint density at radius 1 is 1.03 bits per heavy atom. The molecule has 1 fully saturated rings. The van der Waals surface area contributed by atoms with E-state index in [2.05, 4.69) is 14.7 Å². The van der Waals surface area contributed by atoms with Crippen molar-refractivity contribution in [3.05, 3.63) is 47.2 Å². The molecule has 7 nitrogen and oxygen atoms in total. The Labute approximate surface area is 199 Å². The fraction of sp³-hybridized carbons (Fsp3) is 0.417. The van der Waals surface area contributed by atoms with Crippen LogP contribution in [0.15, 0.2) is 41.6 Å². The maximum Gasteiger partial charge on any atom is 0.241 e. The molecule has 2 aromatic heterocycles. The van der Waals surface area contributed by atoms with E-state index in [1.54, 1.807) is 31.5 Å². The summed E-state index contributed by atoms with van der Waals surface area (Å²) in [5, 5.41) is 11.2. The Kier molecular flexibility index (Phi) is 6.11. The molecule has 3 aromatic rings. The van der Waals surface area contributed by atoms with Crippen LogP contribution in [0.25, 0.3) is 21.6 Å². The van der Waals surface area contributed by atoms with E-state index in [1.165, 1.54) is 11.3 Å². The molecule has 0 spiro atoms. The monoisotopic (exact) mass is 486 g/mol. The number of pyridine rings is 1. The number of thiazole rings is 1. The van der Waals surface area contributed by atoms with Gasteiger partial charge in [-0.05, 0) is 82.7 Å². The first-order valence-electron chi connectivity index (χ1n) is 10.9.